The molecule has 2 aliphatic rings. The zero-order valence-corrected chi connectivity index (χ0v) is 61.3. The molecule has 2 saturated heterocycles. The zero-order valence-electron chi connectivity index (χ0n) is 61.3. The molecule has 0 aromatic heterocycles. The fourth-order valence-corrected chi connectivity index (χ4v) is 12.1. The van der Waals surface area contributed by atoms with E-state index in [4.69, 9.17) is 75.8 Å². The van der Waals surface area contributed by atoms with Crippen molar-refractivity contribution in [2.75, 3.05) is 59.6 Å². The van der Waals surface area contributed by atoms with Crippen molar-refractivity contribution in [1.29, 1.82) is 0 Å². The first-order chi connectivity index (χ1) is 55.1. The normalized spacial score (nSPS) is 20.3. The van der Waals surface area contributed by atoms with Gasteiger partial charge in [0.05, 0.1) is 96.9 Å². The molecule has 9 aromatic carbocycles. The van der Waals surface area contributed by atoms with E-state index < -0.39 is 167 Å². The van der Waals surface area contributed by atoms with Gasteiger partial charge in [-0.05, 0) is 110 Å². The molecule has 113 heavy (non-hydrogen) atoms. The second kappa shape index (κ2) is 42.7. The van der Waals surface area contributed by atoms with E-state index in [1.165, 1.54) is 104 Å². The molecule has 0 amide bonds. The van der Waals surface area contributed by atoms with Crippen LogP contribution in [0, 0.1) is 0 Å². The summed E-state index contributed by atoms with van der Waals surface area (Å²) in [6, 6.07) is 72.0. The lowest BCUT2D eigenvalue weighted by Gasteiger charge is -2.47. The van der Waals surface area contributed by atoms with E-state index >= 15 is 0 Å². The van der Waals surface area contributed by atoms with E-state index in [1.54, 1.807) is 146 Å². The summed E-state index contributed by atoms with van der Waals surface area (Å²) in [5, 5.41) is 24.7. The van der Waals surface area contributed by atoms with E-state index in [1.807, 2.05) is 30.3 Å². The fourth-order valence-electron chi connectivity index (χ4n) is 12.1. The first-order valence-corrected chi connectivity index (χ1v) is 36.4. The molecule has 2 fully saturated rings. The summed E-state index contributed by atoms with van der Waals surface area (Å²) < 4.78 is 99.5. The zero-order chi connectivity index (χ0) is 79.1. The van der Waals surface area contributed by atoms with Crippen LogP contribution in [0.4, 0.5) is 0 Å². The van der Waals surface area contributed by atoms with Crippen molar-refractivity contribution >= 4 is 47.8 Å². The third-order valence-corrected chi connectivity index (χ3v) is 18.0. The standard InChI is InChI=1S/C87H84O26/c1-57(102-55-70-74(109-82(93)62-37-19-6-20-38-62)71(89)76(111-84(95)64-41-23-8-24-42-64)87(107-70)101-50-49-98-47-48-99-51-58-29-11-2-12-30-58)72-77(112-85(96)65-43-25-9-26-44-65)78(113-86(97)66-45-27-10-28-46-66)75(110-83(94)63-39-21-7-22-40-63)69(106-72)53-100-56-105-68(54-104-80(91)60-33-15-4-16-34-60)73(108-81(92)61-35-17-5-18-36-61)67(88)52-103-79(90)59-31-13-3-14-32-59/h2-46,57,67-78,87-89H,47-56H2,1H3/t57?,67-,68-,69-,70-,71+,72+,73+,74-,75-,76-,77+,78+,87-/m1/s1. The van der Waals surface area contributed by atoms with E-state index in [9.17, 15) is 48.6 Å². The number of hydrogen-bond donors (Lipinski definition) is 2. The Bertz CT molecular complexity index is 4440. The van der Waals surface area contributed by atoms with Gasteiger partial charge in [0.25, 0.3) is 0 Å². The predicted molar refractivity (Wildman–Crippen MR) is 401 cm³/mol. The lowest BCUT2D eigenvalue weighted by atomic mass is 9.91. The highest BCUT2D eigenvalue weighted by molar-refractivity contribution is 5.93. The van der Waals surface area contributed by atoms with E-state index in [-0.39, 0.29) is 70.9 Å². The highest BCUT2D eigenvalue weighted by Crippen LogP contribution is 2.35. The highest BCUT2D eigenvalue weighted by atomic mass is 16.7. The van der Waals surface area contributed by atoms with Gasteiger partial charge in [-0.25, -0.2) is 38.4 Å². The average molecular weight is 1550 g/mol. The topological polar surface area (TPSA) is 325 Å². The molecule has 0 saturated carbocycles. The lowest BCUT2D eigenvalue weighted by Crippen LogP contribution is -2.65. The van der Waals surface area contributed by atoms with Crippen LogP contribution in [0.5, 0.6) is 0 Å². The summed E-state index contributed by atoms with van der Waals surface area (Å²) in [4.78, 5) is 113. The smallest absolute Gasteiger partial charge is 0.338 e. The molecule has 0 radical (unpaired) electrons. The number of ether oxygens (including phenoxy) is 16. The molecule has 14 atom stereocenters. The minimum absolute atomic E-state index is 0.00824. The van der Waals surface area contributed by atoms with Crippen molar-refractivity contribution in [2.24, 2.45) is 0 Å². The van der Waals surface area contributed by atoms with Gasteiger partial charge in [-0.2, -0.15) is 0 Å². The Morgan fingerprint density at radius 3 is 1.19 bits per heavy atom. The third-order valence-electron chi connectivity index (χ3n) is 18.0. The molecule has 11 rings (SSSR count). The number of aliphatic hydroxyl groups excluding tert-OH is 2. The molecule has 26 nitrogen and oxygen atoms in total. The minimum Gasteiger partial charge on any atom is -0.459 e. The molecular formula is C87H84O26. The van der Waals surface area contributed by atoms with Gasteiger partial charge < -0.3 is 86.0 Å². The summed E-state index contributed by atoms with van der Waals surface area (Å²) >= 11 is 0. The molecule has 2 aliphatic heterocycles. The van der Waals surface area contributed by atoms with Crippen molar-refractivity contribution in [1.82, 2.24) is 0 Å². The number of esters is 8. The number of carbonyl (C=O) groups excluding carboxylic acids is 8. The molecule has 26 heteroatoms. The van der Waals surface area contributed by atoms with Crippen molar-refractivity contribution in [3.63, 3.8) is 0 Å². The summed E-state index contributed by atoms with van der Waals surface area (Å²) in [5.41, 5.74) is 1.47. The third kappa shape index (κ3) is 23.9. The largest absolute Gasteiger partial charge is 0.459 e. The molecule has 1 unspecified atom stereocenters. The van der Waals surface area contributed by atoms with Crippen LogP contribution in [0.2, 0.25) is 0 Å². The van der Waals surface area contributed by atoms with Gasteiger partial charge in [0, 0.05) is 0 Å². The Balaban J connectivity index is 0.923. The molecule has 0 spiro atoms. The average Bonchev–Trinajstić information content (AvgIpc) is 0.761. The molecule has 0 bridgehead atoms. The summed E-state index contributed by atoms with van der Waals surface area (Å²) in [6.45, 7) is -1.75. The Kier molecular flexibility index (Phi) is 31.1. The SMILES string of the molecule is CC(OC[C@H]1O[C@@H](OCCOCCOCc2ccccc2)[C@H](OC(=O)c2ccccc2)[C@@H](O)[C@@H]1OC(=O)c1ccccc1)[C@@H]1O[C@H](COCO[C@H](COC(=O)c2ccccc2)[C@@H](OC(=O)c2ccccc2)[C@H](O)COC(=O)c2ccccc2)[C@@H](OC(=O)c2ccccc2)[C@H](OC(=O)c2ccccc2)[C@H]1OC(=O)c1ccccc1. The van der Waals surface area contributed by atoms with Gasteiger partial charge in [-0.3, -0.25) is 0 Å². The second-order valence-corrected chi connectivity index (χ2v) is 25.8. The fraction of sp³-hybridized carbons (Fsp3) is 0.287. The summed E-state index contributed by atoms with van der Waals surface area (Å²) in [7, 11) is 0. The first-order valence-electron chi connectivity index (χ1n) is 36.4. The van der Waals surface area contributed by atoms with Crippen molar-refractivity contribution in [3.8, 4) is 0 Å². The maximum atomic E-state index is 14.8. The van der Waals surface area contributed by atoms with Crippen LogP contribution in [-0.4, -0.2) is 203 Å². The molecule has 9 aromatic rings. The molecule has 2 N–H and O–H groups in total. The van der Waals surface area contributed by atoms with Crippen LogP contribution in [0.3, 0.4) is 0 Å². The van der Waals surface area contributed by atoms with Crippen LogP contribution in [0.25, 0.3) is 0 Å². The number of rotatable bonds is 38. The molecular weight excluding hydrogens is 1460 g/mol. The van der Waals surface area contributed by atoms with E-state index in [0.717, 1.165) is 5.56 Å². The van der Waals surface area contributed by atoms with Gasteiger partial charge in [0.15, 0.2) is 42.9 Å². The Morgan fingerprint density at radius 1 is 0.363 bits per heavy atom. The summed E-state index contributed by atoms with van der Waals surface area (Å²) in [6.07, 6.45) is -23.9. The highest BCUT2D eigenvalue weighted by Gasteiger charge is 2.56. The number of hydrogen-bond acceptors (Lipinski definition) is 26. The van der Waals surface area contributed by atoms with Gasteiger partial charge in [-0.1, -0.05) is 176 Å². The maximum absolute atomic E-state index is 14.8. The minimum atomic E-state index is -1.91. The van der Waals surface area contributed by atoms with Crippen LogP contribution in [-0.2, 0) is 82.4 Å². The Morgan fingerprint density at radius 2 is 0.726 bits per heavy atom. The van der Waals surface area contributed by atoms with Gasteiger partial charge in [-0.15, -0.1) is 0 Å². The number of aliphatic hydroxyl groups is 2. The van der Waals surface area contributed by atoms with Gasteiger partial charge in [0.2, 0.25) is 0 Å². The van der Waals surface area contributed by atoms with E-state index in [2.05, 4.69) is 0 Å². The van der Waals surface area contributed by atoms with Gasteiger partial charge >= 0.3 is 47.8 Å². The van der Waals surface area contributed by atoms with Gasteiger partial charge in [0.1, 0.15) is 56.6 Å². The number of benzene rings is 9. The Labute approximate surface area is 651 Å². The van der Waals surface area contributed by atoms with Crippen molar-refractivity contribution in [3.05, 3.63) is 323 Å². The molecule has 588 valence electrons. The quantitative estimate of drug-likeness (QED) is 0.0157. The first kappa shape index (κ1) is 82.3. The monoisotopic (exact) mass is 1540 g/mol. The Hall–Kier alpha value is -11.7. The maximum Gasteiger partial charge on any atom is 0.338 e. The van der Waals surface area contributed by atoms with E-state index in [0.29, 0.717) is 6.61 Å². The van der Waals surface area contributed by atoms with Crippen molar-refractivity contribution < 1.29 is 124 Å². The predicted octanol–water partition coefficient (Wildman–Crippen LogP) is 10.3. The van der Waals surface area contributed by atoms with Crippen LogP contribution in [0.1, 0.15) is 95.4 Å². The lowest BCUT2D eigenvalue weighted by molar-refractivity contribution is -0.307. The summed E-state index contributed by atoms with van der Waals surface area (Å²) in [5.74, 6) is -7.42. The second-order valence-electron chi connectivity index (χ2n) is 25.8. The number of carbonyl (C=O) groups is 8. The molecule has 2 heterocycles. The molecule has 0 aliphatic carbocycles. The van der Waals surface area contributed by atoms with Crippen LogP contribution in [0.15, 0.2) is 273 Å². The van der Waals surface area contributed by atoms with Crippen LogP contribution < -0.4 is 0 Å². The van der Waals surface area contributed by atoms with Crippen molar-refractivity contribution in [2.45, 2.75) is 99.2 Å². The van der Waals surface area contributed by atoms with Crippen LogP contribution >= 0.6 is 0 Å².